The van der Waals surface area contributed by atoms with Gasteiger partial charge in [0.05, 0.1) is 17.5 Å². The number of halogens is 1. The maximum absolute atomic E-state index is 16.6. The van der Waals surface area contributed by atoms with Crippen LogP contribution in [0.2, 0.25) is 0 Å². The van der Waals surface area contributed by atoms with E-state index in [0.29, 0.717) is 86.7 Å². The summed E-state index contributed by atoms with van der Waals surface area (Å²) in [5.41, 5.74) is 12.9. The van der Waals surface area contributed by atoms with Gasteiger partial charge in [-0.25, -0.2) is 9.18 Å². The number of hydrogen-bond acceptors (Lipinski definition) is 10. The van der Waals surface area contributed by atoms with Gasteiger partial charge >= 0.3 is 6.03 Å². The number of phenols is 1. The van der Waals surface area contributed by atoms with Crippen LogP contribution in [0.4, 0.5) is 26.4 Å². The predicted molar refractivity (Wildman–Crippen MR) is 248 cm³/mol. The van der Waals surface area contributed by atoms with Crippen LogP contribution in [0.3, 0.4) is 0 Å². The molecule has 5 aliphatic rings. The summed E-state index contributed by atoms with van der Waals surface area (Å²) in [4.78, 5) is 46.2. The Balaban J connectivity index is 0.751. The van der Waals surface area contributed by atoms with E-state index < -0.39 is 5.67 Å². The molecular weight excluding hydrogens is 826 g/mol. The molecule has 4 aliphatic heterocycles. The minimum Gasteiger partial charge on any atom is -0.507 e. The Morgan fingerprint density at radius 2 is 1.71 bits per heavy atom. The van der Waals surface area contributed by atoms with Crippen LogP contribution in [0.15, 0.2) is 72.9 Å². The average Bonchev–Trinajstić information content (AvgIpc) is 4.09. The lowest BCUT2D eigenvalue weighted by atomic mass is 9.85. The normalized spacial score (nSPS) is 22.1. The number of phenolic OH excluding ortho intramolecular Hbond substituents is 1. The summed E-state index contributed by atoms with van der Waals surface area (Å²) >= 11 is 0. The number of fused-ring (bicyclic) bond motifs is 1. The second-order valence-electron chi connectivity index (χ2n) is 19.0. The number of urea groups is 1. The van der Waals surface area contributed by atoms with Crippen molar-refractivity contribution in [2.75, 3.05) is 75.0 Å². The highest BCUT2D eigenvalue weighted by atomic mass is 19.1. The van der Waals surface area contributed by atoms with E-state index >= 15 is 4.39 Å². The first kappa shape index (κ1) is 42.9. The summed E-state index contributed by atoms with van der Waals surface area (Å²) < 4.78 is 24.9. The van der Waals surface area contributed by atoms with Crippen LogP contribution in [-0.2, 0) is 9.53 Å². The number of piperidine rings is 3. The zero-order valence-corrected chi connectivity index (χ0v) is 37.2. The van der Waals surface area contributed by atoms with Crippen molar-refractivity contribution in [1.82, 2.24) is 29.9 Å². The summed E-state index contributed by atoms with van der Waals surface area (Å²) in [6.45, 7) is 6.42. The molecule has 14 nitrogen and oxygen atoms in total. The minimum atomic E-state index is -1.36. The van der Waals surface area contributed by atoms with Gasteiger partial charge in [-0.05, 0) is 110 Å². The molecular formula is C50H58FN9O5. The van der Waals surface area contributed by atoms with Gasteiger partial charge in [-0.15, -0.1) is 10.2 Å². The van der Waals surface area contributed by atoms with E-state index in [9.17, 15) is 19.5 Å². The third kappa shape index (κ3) is 8.63. The number of para-hydroxylation sites is 1. The van der Waals surface area contributed by atoms with Crippen molar-refractivity contribution < 1.29 is 28.6 Å². The Labute approximate surface area is 378 Å². The number of nitrogens with one attached hydrogen (secondary N) is 1. The van der Waals surface area contributed by atoms with E-state index in [-0.39, 0.29) is 42.0 Å². The molecule has 1 aliphatic carbocycles. The monoisotopic (exact) mass is 883 g/mol. The van der Waals surface area contributed by atoms with E-state index in [1.165, 1.54) is 10.9 Å². The first-order chi connectivity index (χ1) is 31.4. The molecule has 1 saturated carbocycles. The fraction of sp³-hybridized carbons (Fsp3) is 0.460. The van der Waals surface area contributed by atoms with Crippen LogP contribution < -0.4 is 20.9 Å². The number of hydrogen-bond donors (Lipinski definition) is 3. The molecule has 3 aromatic carbocycles. The number of carbonyl (C=O) groups is 3. The molecule has 0 bridgehead atoms. The summed E-state index contributed by atoms with van der Waals surface area (Å²) in [5.74, 6) is 0.728. The zero-order chi connectivity index (χ0) is 45.0. The number of aromatic hydroxyl groups is 1. The number of aromatic nitrogens is 3. The van der Waals surface area contributed by atoms with Gasteiger partial charge in [-0.3, -0.25) is 19.8 Å². The van der Waals surface area contributed by atoms with Gasteiger partial charge in [0.2, 0.25) is 5.91 Å². The maximum Gasteiger partial charge on any atom is 0.328 e. The van der Waals surface area contributed by atoms with E-state index in [1.807, 2.05) is 37.3 Å². The van der Waals surface area contributed by atoms with Crippen LogP contribution >= 0.6 is 0 Å². The van der Waals surface area contributed by atoms with Crippen LogP contribution in [0.5, 0.6) is 5.75 Å². The fourth-order valence-electron chi connectivity index (χ4n) is 10.9. The molecule has 5 aromatic rings. The zero-order valence-electron chi connectivity index (χ0n) is 37.2. The lowest BCUT2D eigenvalue weighted by Gasteiger charge is -2.41. The lowest BCUT2D eigenvalue weighted by Crippen LogP contribution is -2.51. The minimum absolute atomic E-state index is 0.0687. The second-order valence-corrected chi connectivity index (χ2v) is 19.0. The van der Waals surface area contributed by atoms with Gasteiger partial charge < -0.3 is 34.8 Å². The second kappa shape index (κ2) is 17.4. The molecule has 6 heterocycles. The number of carbonyl (C=O) groups excluding carboxylic acids is 3. The first-order valence-corrected chi connectivity index (χ1v) is 23.2. The SMILES string of the molecule is CO[C@@H]1C[C@H](c2ccc(C(=O)N3CCC(F)(CN4CCC(n5cc(C6CC6)c6cc(N7CCC(=O)NC7=O)ccc65)CC4)CC3)cc2C)CN(c2cc(-c3ccccc3O)nnc2N)C1. The van der Waals surface area contributed by atoms with Gasteiger partial charge in [-0.1, -0.05) is 18.2 Å². The number of imide groups is 1. The van der Waals surface area contributed by atoms with Crippen molar-refractivity contribution in [1.29, 1.82) is 0 Å². The van der Waals surface area contributed by atoms with Crippen molar-refractivity contribution in [2.24, 2.45) is 0 Å². The number of benzene rings is 3. The maximum atomic E-state index is 16.6. The molecule has 65 heavy (non-hydrogen) atoms. The number of likely N-dealkylation sites (tertiary alicyclic amines) is 2. The van der Waals surface area contributed by atoms with E-state index in [4.69, 9.17) is 10.5 Å². The summed E-state index contributed by atoms with van der Waals surface area (Å²) in [5, 5.41) is 22.6. The molecule has 10 rings (SSSR count). The van der Waals surface area contributed by atoms with Crippen molar-refractivity contribution >= 4 is 45.9 Å². The van der Waals surface area contributed by atoms with E-state index in [1.54, 1.807) is 35.1 Å². The summed E-state index contributed by atoms with van der Waals surface area (Å²) in [7, 11) is 1.72. The van der Waals surface area contributed by atoms with E-state index in [0.717, 1.165) is 73.2 Å². The quantitative estimate of drug-likeness (QED) is 0.130. The van der Waals surface area contributed by atoms with Crippen LogP contribution in [0.25, 0.3) is 22.2 Å². The highest BCUT2D eigenvalue weighted by molar-refractivity contribution is 6.06. The number of nitrogens with zero attached hydrogens (tertiary/aromatic N) is 7. The fourth-order valence-corrected chi connectivity index (χ4v) is 10.9. The molecule has 340 valence electrons. The standard InChI is InChI=1S/C50H58FN9O5/c1-31-23-33(9-11-38(31)34-24-37(65-2)28-58(27-34)44-26-42(54-55-47(44)52)39-5-3-4-6-45(39)61)48(63)57-21-16-50(51,17-22-57)30-56-18-13-35(14-19-56)60-29-41(32-7-8-32)40-25-36(10-12-43(40)60)59-20-15-46(62)53-49(59)64/h3-6,9-12,23,25-26,29,32,34-35,37,61H,7-8,13-22,24,27-28,30H2,1-2H3,(H2,52,55)(H,53,62,64)/t34-,37+/m0/s1. The molecule has 2 atom stereocenters. The Morgan fingerprint density at radius 3 is 2.43 bits per heavy atom. The number of nitrogens with two attached hydrogens (primary N) is 1. The van der Waals surface area contributed by atoms with Crippen molar-refractivity contribution in [3.8, 4) is 17.0 Å². The Morgan fingerprint density at radius 1 is 0.923 bits per heavy atom. The number of alkyl halides is 1. The number of methoxy groups -OCH3 is 1. The van der Waals surface area contributed by atoms with Crippen molar-refractivity contribution in [3.63, 3.8) is 0 Å². The summed E-state index contributed by atoms with van der Waals surface area (Å²) in [6, 6.07) is 21.0. The molecule has 2 aromatic heterocycles. The Bertz CT molecular complexity index is 2630. The Kier molecular flexibility index (Phi) is 11.5. The molecule has 5 fully saturated rings. The third-order valence-electron chi connectivity index (χ3n) is 14.7. The molecule has 0 unspecified atom stereocenters. The van der Waals surface area contributed by atoms with Gasteiger partial charge in [0.1, 0.15) is 11.4 Å². The number of aryl methyl sites for hydroxylation is 1. The van der Waals surface area contributed by atoms with Gasteiger partial charge in [0, 0.05) is 125 Å². The largest absolute Gasteiger partial charge is 0.507 e. The molecule has 15 heteroatoms. The number of rotatable bonds is 10. The van der Waals surface area contributed by atoms with Gasteiger partial charge in [-0.2, -0.15) is 0 Å². The first-order valence-electron chi connectivity index (χ1n) is 23.2. The molecule has 4 amide bonds. The number of nitrogen functional groups attached to an aromatic ring is 1. The van der Waals surface area contributed by atoms with Gasteiger partial charge in [0.15, 0.2) is 5.82 Å². The Hall–Kier alpha value is -6.06. The van der Waals surface area contributed by atoms with Crippen LogP contribution in [0, 0.1) is 6.92 Å². The number of amides is 4. The number of anilines is 3. The lowest BCUT2D eigenvalue weighted by molar-refractivity contribution is -0.120. The van der Waals surface area contributed by atoms with Crippen LogP contribution in [-0.4, -0.2) is 119 Å². The van der Waals surface area contributed by atoms with Crippen molar-refractivity contribution in [3.05, 3.63) is 95.2 Å². The third-order valence-corrected chi connectivity index (χ3v) is 14.7. The van der Waals surface area contributed by atoms with Crippen LogP contribution in [0.1, 0.15) is 96.3 Å². The summed E-state index contributed by atoms with van der Waals surface area (Å²) in [6.07, 6.45) is 8.12. The molecule has 0 radical (unpaired) electrons. The highest BCUT2D eigenvalue weighted by Gasteiger charge is 2.40. The number of ether oxygens (including phenoxy) is 1. The van der Waals surface area contributed by atoms with Gasteiger partial charge in [0.25, 0.3) is 5.91 Å². The average molecular weight is 884 g/mol. The molecule has 0 spiro atoms. The molecule has 4 N–H and O–H groups in total. The smallest absolute Gasteiger partial charge is 0.328 e. The van der Waals surface area contributed by atoms with Crippen molar-refractivity contribution in [2.45, 2.75) is 87.9 Å². The molecule has 4 saturated heterocycles. The highest BCUT2D eigenvalue weighted by Crippen LogP contribution is 2.46. The predicted octanol–water partition coefficient (Wildman–Crippen LogP) is 7.31. The van der Waals surface area contributed by atoms with E-state index in [2.05, 4.69) is 54.3 Å². The topological polar surface area (TPSA) is 162 Å².